The van der Waals surface area contributed by atoms with E-state index in [1.54, 1.807) is 20.8 Å². The van der Waals surface area contributed by atoms with E-state index in [-0.39, 0.29) is 12.0 Å². The summed E-state index contributed by atoms with van der Waals surface area (Å²) < 4.78 is 5.20. The van der Waals surface area contributed by atoms with Crippen molar-refractivity contribution in [2.45, 2.75) is 79.2 Å². The molecule has 0 aliphatic heterocycles. The number of amides is 1. The Balaban J connectivity index is 2.66. The van der Waals surface area contributed by atoms with E-state index < -0.39 is 23.1 Å². The van der Waals surface area contributed by atoms with Gasteiger partial charge in [-0.2, -0.15) is 0 Å². The van der Waals surface area contributed by atoms with Crippen LogP contribution in [-0.4, -0.2) is 29.3 Å². The first-order chi connectivity index (χ1) is 10.4. The minimum atomic E-state index is -0.864. The number of carboxylic acids is 1. The van der Waals surface area contributed by atoms with Crippen LogP contribution in [0.3, 0.4) is 0 Å². The smallest absolute Gasteiger partial charge is 0.407 e. The summed E-state index contributed by atoms with van der Waals surface area (Å²) in [7, 11) is 0. The fraction of sp³-hybridized carbons (Fsp3) is 0.889. The average molecular weight is 327 g/mol. The lowest BCUT2D eigenvalue weighted by Gasteiger charge is -2.43. The van der Waals surface area contributed by atoms with Crippen LogP contribution in [0.15, 0.2) is 0 Å². The van der Waals surface area contributed by atoms with Gasteiger partial charge < -0.3 is 15.2 Å². The molecular formula is C18H33NO4. The third-order valence-corrected chi connectivity index (χ3v) is 5.38. The van der Waals surface area contributed by atoms with Gasteiger partial charge in [0, 0.05) is 6.54 Å². The molecule has 2 N–H and O–H groups in total. The number of aliphatic carboxylic acids is 1. The maximum Gasteiger partial charge on any atom is 0.407 e. The van der Waals surface area contributed by atoms with Crippen LogP contribution >= 0.6 is 0 Å². The highest BCUT2D eigenvalue weighted by atomic mass is 16.6. The quantitative estimate of drug-likeness (QED) is 0.793. The highest BCUT2D eigenvalue weighted by Crippen LogP contribution is 2.46. The summed E-state index contributed by atoms with van der Waals surface area (Å²) in [6.07, 6.45) is 3.53. The Hall–Kier alpha value is -1.26. The SMILES string of the molecule is CCC(C)(C)C1CCC(CNC(=O)OC(C)(C)C)(C(=O)O)CC1. The summed E-state index contributed by atoms with van der Waals surface area (Å²) >= 11 is 0. The van der Waals surface area contributed by atoms with Crippen LogP contribution in [-0.2, 0) is 9.53 Å². The van der Waals surface area contributed by atoms with Crippen molar-refractivity contribution in [2.24, 2.45) is 16.7 Å². The Morgan fingerprint density at radius 3 is 2.09 bits per heavy atom. The van der Waals surface area contributed by atoms with Gasteiger partial charge in [0.05, 0.1) is 5.41 Å². The van der Waals surface area contributed by atoms with E-state index in [0.717, 1.165) is 19.3 Å². The Labute approximate surface area is 140 Å². The Bertz CT molecular complexity index is 429. The second kappa shape index (κ2) is 7.10. The summed E-state index contributed by atoms with van der Waals surface area (Å²) in [5.41, 5.74) is -1.20. The molecule has 5 heteroatoms. The first kappa shape index (κ1) is 19.8. The molecule has 23 heavy (non-hydrogen) atoms. The Morgan fingerprint density at radius 2 is 1.70 bits per heavy atom. The molecule has 0 unspecified atom stereocenters. The highest BCUT2D eigenvalue weighted by Gasteiger charge is 2.45. The van der Waals surface area contributed by atoms with E-state index in [0.29, 0.717) is 18.8 Å². The van der Waals surface area contributed by atoms with Gasteiger partial charge in [-0.1, -0.05) is 27.2 Å². The number of carbonyl (C=O) groups excluding carboxylic acids is 1. The molecule has 1 aliphatic carbocycles. The summed E-state index contributed by atoms with van der Waals surface area (Å²) in [4.78, 5) is 23.6. The molecule has 134 valence electrons. The molecule has 0 radical (unpaired) electrons. The number of hydrogen-bond acceptors (Lipinski definition) is 3. The van der Waals surface area contributed by atoms with Crippen molar-refractivity contribution in [1.82, 2.24) is 5.32 Å². The average Bonchev–Trinajstić information content (AvgIpc) is 2.43. The molecule has 1 amide bonds. The molecule has 1 fully saturated rings. The van der Waals surface area contributed by atoms with E-state index in [4.69, 9.17) is 4.74 Å². The molecule has 0 atom stereocenters. The van der Waals surface area contributed by atoms with Gasteiger partial charge in [-0.3, -0.25) is 4.79 Å². The van der Waals surface area contributed by atoms with Crippen LogP contribution in [0.1, 0.15) is 73.6 Å². The van der Waals surface area contributed by atoms with Gasteiger partial charge in [0.25, 0.3) is 0 Å². The minimum Gasteiger partial charge on any atom is -0.481 e. The van der Waals surface area contributed by atoms with Crippen LogP contribution in [0.25, 0.3) is 0 Å². The predicted molar refractivity (Wildman–Crippen MR) is 90.3 cm³/mol. The number of ether oxygens (including phenoxy) is 1. The third kappa shape index (κ3) is 5.40. The minimum absolute atomic E-state index is 0.135. The van der Waals surface area contributed by atoms with Crippen LogP contribution in [0.2, 0.25) is 0 Å². The maximum absolute atomic E-state index is 11.8. The predicted octanol–water partition coefficient (Wildman–Crippen LogP) is 4.21. The first-order valence-electron chi connectivity index (χ1n) is 8.62. The van der Waals surface area contributed by atoms with Crippen LogP contribution in [0, 0.1) is 16.7 Å². The van der Waals surface area contributed by atoms with Gasteiger partial charge in [0.2, 0.25) is 0 Å². The standard InChI is InChI=1S/C18H33NO4/c1-7-17(5,6)13-8-10-18(11-9-13,14(20)21)12-19-15(22)23-16(2,3)4/h13H,7-12H2,1-6H3,(H,19,22)(H,20,21). The number of carbonyl (C=O) groups is 2. The van der Waals surface area contributed by atoms with Gasteiger partial charge in [-0.25, -0.2) is 4.79 Å². The van der Waals surface area contributed by atoms with Gasteiger partial charge in [-0.15, -0.1) is 0 Å². The van der Waals surface area contributed by atoms with Crippen molar-refractivity contribution in [1.29, 1.82) is 0 Å². The van der Waals surface area contributed by atoms with Crippen molar-refractivity contribution in [3.63, 3.8) is 0 Å². The maximum atomic E-state index is 11.8. The van der Waals surface area contributed by atoms with Crippen LogP contribution in [0.5, 0.6) is 0 Å². The van der Waals surface area contributed by atoms with E-state index in [9.17, 15) is 14.7 Å². The van der Waals surface area contributed by atoms with E-state index in [1.807, 2.05) is 0 Å². The molecular weight excluding hydrogens is 294 g/mol. The number of rotatable bonds is 5. The van der Waals surface area contributed by atoms with Crippen molar-refractivity contribution in [3.05, 3.63) is 0 Å². The van der Waals surface area contributed by atoms with Crippen LogP contribution < -0.4 is 5.32 Å². The van der Waals surface area contributed by atoms with E-state index in [1.165, 1.54) is 0 Å². The number of carboxylic acid groups (broad SMARTS) is 1. The monoisotopic (exact) mass is 327 g/mol. The Morgan fingerprint density at radius 1 is 1.17 bits per heavy atom. The van der Waals surface area contributed by atoms with Gasteiger partial charge in [-0.05, 0) is 57.8 Å². The van der Waals surface area contributed by atoms with Crippen LogP contribution in [0.4, 0.5) is 4.79 Å². The molecule has 1 saturated carbocycles. The zero-order valence-corrected chi connectivity index (χ0v) is 15.5. The van der Waals surface area contributed by atoms with E-state index >= 15 is 0 Å². The molecule has 1 aliphatic rings. The molecule has 0 bridgehead atoms. The molecule has 0 aromatic rings. The van der Waals surface area contributed by atoms with Crippen molar-refractivity contribution in [2.75, 3.05) is 6.54 Å². The lowest BCUT2D eigenvalue weighted by Crippen LogP contribution is -2.47. The van der Waals surface area contributed by atoms with Gasteiger partial charge >= 0.3 is 12.1 Å². The topological polar surface area (TPSA) is 75.6 Å². The lowest BCUT2D eigenvalue weighted by atomic mass is 9.62. The normalized spacial score (nSPS) is 25.7. The largest absolute Gasteiger partial charge is 0.481 e. The summed E-state index contributed by atoms with van der Waals surface area (Å²) in [6, 6.07) is 0. The summed E-state index contributed by atoms with van der Waals surface area (Å²) in [5, 5.41) is 12.3. The van der Waals surface area contributed by atoms with Crippen molar-refractivity contribution in [3.8, 4) is 0 Å². The first-order valence-corrected chi connectivity index (χ1v) is 8.62. The Kier molecular flexibility index (Phi) is 6.11. The molecule has 5 nitrogen and oxygen atoms in total. The number of nitrogens with one attached hydrogen (secondary N) is 1. The molecule has 0 spiro atoms. The van der Waals surface area contributed by atoms with Gasteiger partial charge in [0.1, 0.15) is 5.60 Å². The second-order valence-electron chi connectivity index (χ2n) is 8.56. The van der Waals surface area contributed by atoms with Crippen molar-refractivity contribution < 1.29 is 19.4 Å². The summed E-state index contributed by atoms with van der Waals surface area (Å²) in [6.45, 7) is 12.2. The molecule has 0 aromatic carbocycles. The highest BCUT2D eigenvalue weighted by molar-refractivity contribution is 5.76. The number of hydrogen-bond donors (Lipinski definition) is 2. The van der Waals surface area contributed by atoms with Crippen molar-refractivity contribution >= 4 is 12.1 Å². The summed E-state index contributed by atoms with van der Waals surface area (Å²) in [5.74, 6) is -0.275. The third-order valence-electron chi connectivity index (χ3n) is 5.38. The molecule has 0 heterocycles. The molecule has 0 aromatic heterocycles. The number of alkyl carbamates (subject to hydrolysis) is 1. The van der Waals surface area contributed by atoms with E-state index in [2.05, 4.69) is 26.1 Å². The fourth-order valence-corrected chi connectivity index (χ4v) is 3.26. The molecule has 1 rings (SSSR count). The van der Waals surface area contributed by atoms with Gasteiger partial charge in [0.15, 0.2) is 0 Å². The zero-order valence-electron chi connectivity index (χ0n) is 15.5. The molecule has 0 saturated heterocycles. The zero-order chi connectivity index (χ0) is 17.9. The fourth-order valence-electron chi connectivity index (χ4n) is 3.26. The lowest BCUT2D eigenvalue weighted by molar-refractivity contribution is -0.152. The second-order valence-corrected chi connectivity index (χ2v) is 8.56.